The third-order valence-electron chi connectivity index (χ3n) is 4.56. The molecule has 3 heterocycles. The van der Waals surface area contributed by atoms with E-state index in [2.05, 4.69) is 25.7 Å². The maximum absolute atomic E-state index is 14.0. The first-order valence-corrected chi connectivity index (χ1v) is 9.78. The molecule has 1 unspecified atom stereocenters. The maximum atomic E-state index is 14.0. The zero-order chi connectivity index (χ0) is 22.1. The van der Waals surface area contributed by atoms with E-state index in [4.69, 9.17) is 0 Å². The summed E-state index contributed by atoms with van der Waals surface area (Å²) in [6, 6.07) is 3.73. The molecule has 0 bridgehead atoms. The summed E-state index contributed by atoms with van der Waals surface area (Å²) < 4.78 is 15.7. The second kappa shape index (κ2) is 8.35. The van der Waals surface area contributed by atoms with E-state index in [1.807, 2.05) is 26.8 Å². The Morgan fingerprint density at radius 1 is 1.23 bits per heavy atom. The van der Waals surface area contributed by atoms with Gasteiger partial charge in [0.2, 0.25) is 0 Å². The average molecular weight is 414 g/mol. The summed E-state index contributed by atoms with van der Waals surface area (Å²) in [5, 5.41) is 19.9. The highest BCUT2D eigenvalue weighted by Gasteiger charge is 2.27. The number of aliphatic hydroxyl groups is 1. The molecule has 30 heavy (non-hydrogen) atoms. The first kappa shape index (κ1) is 21.6. The van der Waals surface area contributed by atoms with Crippen LogP contribution < -0.4 is 10.6 Å². The van der Waals surface area contributed by atoms with Crippen molar-refractivity contribution in [2.45, 2.75) is 52.4 Å². The van der Waals surface area contributed by atoms with Crippen LogP contribution in [-0.4, -0.2) is 55.0 Å². The van der Waals surface area contributed by atoms with Gasteiger partial charge in [-0.3, -0.25) is 9.78 Å². The molecule has 0 aliphatic carbocycles. The highest BCUT2D eigenvalue weighted by molar-refractivity contribution is 6.00. The second-order valence-corrected chi connectivity index (χ2v) is 8.19. The quantitative estimate of drug-likeness (QED) is 0.549. The molecule has 0 aliphatic rings. The van der Waals surface area contributed by atoms with E-state index in [0.717, 1.165) is 5.56 Å². The van der Waals surface area contributed by atoms with Gasteiger partial charge in [-0.2, -0.15) is 5.10 Å². The Morgan fingerprint density at radius 3 is 2.63 bits per heavy atom. The molecule has 0 saturated heterocycles. The second-order valence-electron chi connectivity index (χ2n) is 8.19. The molecule has 0 saturated carbocycles. The molecule has 3 aromatic rings. The van der Waals surface area contributed by atoms with E-state index in [9.17, 15) is 14.3 Å². The van der Waals surface area contributed by atoms with Gasteiger partial charge in [-0.05, 0) is 52.3 Å². The van der Waals surface area contributed by atoms with Crippen LogP contribution in [0.25, 0.3) is 17.0 Å². The van der Waals surface area contributed by atoms with Gasteiger partial charge in [0.25, 0.3) is 5.91 Å². The predicted octanol–water partition coefficient (Wildman–Crippen LogP) is 2.76. The number of anilines is 1. The number of carbonyl (C=O) groups excluding carboxylic acids is 1. The van der Waals surface area contributed by atoms with Crippen LogP contribution in [0.2, 0.25) is 0 Å². The third kappa shape index (κ3) is 4.73. The summed E-state index contributed by atoms with van der Waals surface area (Å²) in [6.07, 6.45) is 3.27. The Morgan fingerprint density at radius 2 is 1.97 bits per heavy atom. The summed E-state index contributed by atoms with van der Waals surface area (Å²) in [4.78, 5) is 21.4. The molecule has 3 rings (SSSR count). The van der Waals surface area contributed by atoms with E-state index < -0.39 is 17.7 Å². The smallest absolute Gasteiger partial charge is 0.255 e. The van der Waals surface area contributed by atoms with Gasteiger partial charge in [0.1, 0.15) is 11.9 Å². The average Bonchev–Trinajstić information content (AvgIpc) is 3.07. The van der Waals surface area contributed by atoms with Crippen LogP contribution in [0.1, 0.15) is 43.6 Å². The van der Waals surface area contributed by atoms with Crippen molar-refractivity contribution in [1.82, 2.24) is 24.9 Å². The molecule has 0 aliphatic heterocycles. The molecule has 160 valence electrons. The first-order chi connectivity index (χ1) is 14.1. The molecule has 0 aromatic carbocycles. The van der Waals surface area contributed by atoms with E-state index >= 15 is 0 Å². The molecular formula is C21H27FN6O2. The monoisotopic (exact) mass is 414 g/mol. The van der Waals surface area contributed by atoms with Gasteiger partial charge >= 0.3 is 0 Å². The summed E-state index contributed by atoms with van der Waals surface area (Å²) in [6.45, 7) is 8.26. The van der Waals surface area contributed by atoms with Crippen LogP contribution in [0.3, 0.4) is 0 Å². The molecule has 9 heteroatoms. The van der Waals surface area contributed by atoms with Crippen molar-refractivity contribution in [3.8, 4) is 11.4 Å². The van der Waals surface area contributed by atoms with Crippen molar-refractivity contribution in [2.24, 2.45) is 0 Å². The number of nitrogens with zero attached hydrogens (tertiary/aromatic N) is 4. The number of fused-ring (bicyclic) bond motifs is 1. The minimum Gasteiger partial charge on any atom is -0.387 e. The number of aromatic nitrogens is 4. The fraction of sp³-hybridized carbons (Fsp3) is 0.429. The van der Waals surface area contributed by atoms with Gasteiger partial charge in [0.05, 0.1) is 41.5 Å². The summed E-state index contributed by atoms with van der Waals surface area (Å²) >= 11 is 0. The lowest BCUT2D eigenvalue weighted by atomic mass is 10.0. The molecule has 0 radical (unpaired) electrons. The number of aryl methyl sites for hydroxylation is 1. The number of carbonyl (C=O) groups is 1. The number of halogens is 1. The molecule has 3 N–H and O–H groups in total. The van der Waals surface area contributed by atoms with Crippen LogP contribution in [0.15, 0.2) is 30.7 Å². The molecule has 0 spiro atoms. The number of hydrogen-bond acceptors (Lipinski definition) is 6. The van der Waals surface area contributed by atoms with Gasteiger partial charge in [0, 0.05) is 12.2 Å². The van der Waals surface area contributed by atoms with Gasteiger partial charge in [-0.25, -0.2) is 13.9 Å². The van der Waals surface area contributed by atoms with Gasteiger partial charge in [0.15, 0.2) is 5.65 Å². The molecule has 3 aromatic heterocycles. The van der Waals surface area contributed by atoms with Gasteiger partial charge < -0.3 is 15.7 Å². The number of nitrogens with one attached hydrogen (secondary N) is 2. The van der Waals surface area contributed by atoms with Crippen LogP contribution >= 0.6 is 0 Å². The van der Waals surface area contributed by atoms with E-state index in [1.54, 1.807) is 23.0 Å². The Labute approximate surface area is 174 Å². The zero-order valence-corrected chi connectivity index (χ0v) is 17.8. The van der Waals surface area contributed by atoms with Crippen molar-refractivity contribution >= 4 is 17.2 Å². The zero-order valence-electron chi connectivity index (χ0n) is 17.8. The van der Waals surface area contributed by atoms with Crippen LogP contribution in [-0.2, 0) is 0 Å². The molecule has 1 atom stereocenters. The van der Waals surface area contributed by atoms with Crippen molar-refractivity contribution in [3.63, 3.8) is 0 Å². The largest absolute Gasteiger partial charge is 0.387 e. The summed E-state index contributed by atoms with van der Waals surface area (Å²) in [5.41, 5.74) is 2.30. The number of pyridine rings is 1. The SMILES string of the molecule is Cc1cnn2c(-c3cc(NC(C)C)c(C(=O)NCC(F)C(C)(C)O)cn3)cnc2c1. The first-order valence-electron chi connectivity index (χ1n) is 9.78. The minimum atomic E-state index is -1.59. The van der Waals surface area contributed by atoms with Crippen molar-refractivity contribution in [2.75, 3.05) is 11.9 Å². The highest BCUT2D eigenvalue weighted by atomic mass is 19.1. The Bertz CT molecular complexity index is 1060. The number of imidazole rings is 1. The van der Waals surface area contributed by atoms with Gasteiger partial charge in [-0.1, -0.05) is 0 Å². The summed E-state index contributed by atoms with van der Waals surface area (Å²) in [5.74, 6) is -0.476. The topological polar surface area (TPSA) is 104 Å². The molecule has 1 amide bonds. The van der Waals surface area contributed by atoms with Crippen LogP contribution in [0.4, 0.5) is 10.1 Å². The normalized spacial score (nSPS) is 12.9. The Balaban J connectivity index is 1.92. The van der Waals surface area contributed by atoms with Crippen LogP contribution in [0, 0.1) is 6.92 Å². The van der Waals surface area contributed by atoms with E-state index in [-0.39, 0.29) is 18.2 Å². The molecule has 8 nitrogen and oxygen atoms in total. The fourth-order valence-corrected chi connectivity index (χ4v) is 2.88. The predicted molar refractivity (Wildman–Crippen MR) is 113 cm³/mol. The van der Waals surface area contributed by atoms with E-state index in [0.29, 0.717) is 22.7 Å². The highest BCUT2D eigenvalue weighted by Crippen LogP contribution is 2.25. The third-order valence-corrected chi connectivity index (χ3v) is 4.56. The van der Waals surface area contributed by atoms with Crippen LogP contribution in [0.5, 0.6) is 0 Å². The lowest BCUT2D eigenvalue weighted by Crippen LogP contribution is -2.42. The number of alkyl halides is 1. The molecule has 0 fully saturated rings. The Kier molecular flexibility index (Phi) is 6.02. The summed E-state index contributed by atoms with van der Waals surface area (Å²) in [7, 11) is 0. The lowest BCUT2D eigenvalue weighted by Gasteiger charge is -2.23. The standard InChI is InChI=1S/C21H27FN6O2/c1-12(2)27-15-7-16(17-10-24-19-6-13(3)8-26-28(17)19)23-9-14(15)20(29)25-11-18(22)21(4,5)30/h6-10,12,18,30H,11H2,1-5H3,(H,23,27)(H,25,29). The van der Waals surface area contributed by atoms with Gasteiger partial charge in [-0.15, -0.1) is 0 Å². The maximum Gasteiger partial charge on any atom is 0.255 e. The minimum absolute atomic E-state index is 0.0556. The number of rotatable bonds is 7. The molecular weight excluding hydrogens is 387 g/mol. The van der Waals surface area contributed by atoms with Crippen molar-refractivity contribution < 1.29 is 14.3 Å². The lowest BCUT2D eigenvalue weighted by molar-refractivity contribution is -0.00177. The van der Waals surface area contributed by atoms with Crippen molar-refractivity contribution in [1.29, 1.82) is 0 Å². The Hall–Kier alpha value is -3.07. The fourth-order valence-electron chi connectivity index (χ4n) is 2.88. The van der Waals surface area contributed by atoms with E-state index in [1.165, 1.54) is 20.0 Å². The number of hydrogen-bond donors (Lipinski definition) is 3. The number of amides is 1. The van der Waals surface area contributed by atoms with Crippen molar-refractivity contribution in [3.05, 3.63) is 41.9 Å².